The topological polar surface area (TPSA) is 120 Å². The van der Waals surface area contributed by atoms with Gasteiger partial charge >= 0.3 is 12.1 Å². The van der Waals surface area contributed by atoms with Crippen molar-refractivity contribution in [3.8, 4) is 11.1 Å². The van der Waals surface area contributed by atoms with Crippen molar-refractivity contribution in [1.82, 2.24) is 14.5 Å². The maximum absolute atomic E-state index is 14.3. The lowest BCUT2D eigenvalue weighted by Crippen LogP contribution is -2.21. The van der Waals surface area contributed by atoms with Crippen LogP contribution in [0.2, 0.25) is 0 Å². The molecule has 2 aromatic heterocycles. The zero-order valence-corrected chi connectivity index (χ0v) is 15.7. The van der Waals surface area contributed by atoms with E-state index in [-0.39, 0.29) is 17.3 Å². The van der Waals surface area contributed by atoms with Gasteiger partial charge in [0.25, 0.3) is 0 Å². The summed E-state index contributed by atoms with van der Waals surface area (Å²) in [6.07, 6.45) is -3.29. The second-order valence-corrected chi connectivity index (χ2v) is 6.37. The number of aryl methyl sites for hydroxylation is 1. The molecule has 7 nitrogen and oxygen atoms in total. The summed E-state index contributed by atoms with van der Waals surface area (Å²) < 4.78 is 62.2. The third kappa shape index (κ3) is 4.04. The number of fused-ring (bicyclic) bond motifs is 3. The first-order valence-corrected chi connectivity index (χ1v) is 8.47. The molecule has 12 heteroatoms. The number of benzene rings is 2. The number of carboxylic acid groups (broad SMARTS) is 1. The molecule has 0 unspecified atom stereocenters. The number of nitrogens with two attached hydrogens (primary N) is 2. The number of hydrogen-bond acceptors (Lipinski definition) is 5. The number of nitrogens with zero attached hydrogens (tertiary/aromatic N) is 3. The van der Waals surface area contributed by atoms with Crippen LogP contribution in [0.25, 0.3) is 32.9 Å². The van der Waals surface area contributed by atoms with Crippen molar-refractivity contribution in [2.75, 3.05) is 11.5 Å². The molecule has 0 fully saturated rings. The Hall–Kier alpha value is -3.96. The summed E-state index contributed by atoms with van der Waals surface area (Å²) in [5.41, 5.74) is 13.0. The van der Waals surface area contributed by atoms with E-state index < -0.39 is 23.8 Å². The highest BCUT2D eigenvalue weighted by Crippen LogP contribution is 2.38. The van der Waals surface area contributed by atoms with Gasteiger partial charge in [0.15, 0.2) is 0 Å². The number of alkyl halides is 3. The largest absolute Gasteiger partial charge is 0.490 e. The van der Waals surface area contributed by atoms with Gasteiger partial charge in [-0.05, 0) is 24.3 Å². The first-order chi connectivity index (χ1) is 14.4. The lowest BCUT2D eigenvalue weighted by Gasteiger charge is -2.12. The molecule has 2 heterocycles. The first-order valence-electron chi connectivity index (χ1n) is 8.47. The monoisotopic (exact) mass is 439 g/mol. The summed E-state index contributed by atoms with van der Waals surface area (Å²) in [6.45, 7) is 0. The quantitative estimate of drug-likeness (QED) is 0.388. The molecule has 0 aliphatic heterocycles. The molecule has 4 rings (SSSR count). The van der Waals surface area contributed by atoms with E-state index in [4.69, 9.17) is 21.4 Å². The Morgan fingerprint density at radius 3 is 2.23 bits per heavy atom. The zero-order valence-electron chi connectivity index (χ0n) is 15.7. The summed E-state index contributed by atoms with van der Waals surface area (Å²) in [5, 5.41) is 8.45. The van der Waals surface area contributed by atoms with Crippen molar-refractivity contribution in [2.45, 2.75) is 6.18 Å². The number of aliphatic carboxylic acids is 1. The van der Waals surface area contributed by atoms with Gasteiger partial charge in [-0.25, -0.2) is 18.6 Å². The van der Waals surface area contributed by atoms with E-state index in [9.17, 15) is 22.0 Å². The molecule has 0 saturated carbocycles. The van der Waals surface area contributed by atoms with Crippen LogP contribution >= 0.6 is 0 Å². The molecule has 0 bridgehead atoms. The summed E-state index contributed by atoms with van der Waals surface area (Å²) in [6, 6.07) is 7.18. The molecule has 0 radical (unpaired) electrons. The number of nitrogen functional groups attached to an aromatic ring is 2. The fourth-order valence-electron chi connectivity index (χ4n) is 3.11. The second-order valence-electron chi connectivity index (χ2n) is 6.37. The van der Waals surface area contributed by atoms with E-state index in [2.05, 4.69) is 9.97 Å². The summed E-state index contributed by atoms with van der Waals surface area (Å²) in [7, 11) is 1.80. The Balaban J connectivity index is 0.000000339. The smallest absolute Gasteiger partial charge is 0.475 e. The molecule has 0 aliphatic carbocycles. The number of anilines is 2. The van der Waals surface area contributed by atoms with Crippen LogP contribution in [0.15, 0.2) is 36.5 Å². The van der Waals surface area contributed by atoms with Gasteiger partial charge in [0, 0.05) is 24.2 Å². The molecule has 0 amide bonds. The average molecular weight is 439 g/mol. The molecular weight excluding hydrogens is 425 g/mol. The normalized spacial score (nSPS) is 11.4. The minimum atomic E-state index is -5.08. The van der Waals surface area contributed by atoms with Crippen LogP contribution < -0.4 is 11.5 Å². The van der Waals surface area contributed by atoms with Crippen LogP contribution in [0.1, 0.15) is 0 Å². The van der Waals surface area contributed by atoms with Crippen LogP contribution in [0.5, 0.6) is 0 Å². The van der Waals surface area contributed by atoms with Crippen molar-refractivity contribution in [3.63, 3.8) is 0 Å². The van der Waals surface area contributed by atoms with Crippen LogP contribution in [0.4, 0.5) is 33.7 Å². The zero-order chi connectivity index (χ0) is 23.1. The fraction of sp³-hybridized carbons (Fsp3) is 0.105. The number of carboxylic acids is 1. The molecule has 2 aromatic carbocycles. The Kier molecular flexibility index (Phi) is 5.40. The van der Waals surface area contributed by atoms with Gasteiger partial charge < -0.3 is 21.1 Å². The van der Waals surface area contributed by atoms with E-state index in [0.717, 1.165) is 0 Å². The third-order valence-electron chi connectivity index (χ3n) is 4.34. The molecule has 162 valence electrons. The van der Waals surface area contributed by atoms with Crippen LogP contribution in [-0.2, 0) is 11.8 Å². The Bertz CT molecular complexity index is 1300. The predicted molar refractivity (Wildman–Crippen MR) is 104 cm³/mol. The van der Waals surface area contributed by atoms with Gasteiger partial charge in [-0.1, -0.05) is 6.07 Å². The van der Waals surface area contributed by atoms with E-state index in [1.54, 1.807) is 23.9 Å². The summed E-state index contributed by atoms with van der Waals surface area (Å²) >= 11 is 0. The van der Waals surface area contributed by atoms with Crippen molar-refractivity contribution in [2.24, 2.45) is 7.05 Å². The van der Waals surface area contributed by atoms with Crippen molar-refractivity contribution in [1.29, 1.82) is 0 Å². The lowest BCUT2D eigenvalue weighted by atomic mass is 9.99. The third-order valence-corrected chi connectivity index (χ3v) is 4.34. The van der Waals surface area contributed by atoms with E-state index in [1.165, 1.54) is 18.2 Å². The molecule has 0 atom stereocenters. The number of hydrogen-bond donors (Lipinski definition) is 3. The lowest BCUT2D eigenvalue weighted by molar-refractivity contribution is -0.192. The van der Waals surface area contributed by atoms with Crippen molar-refractivity contribution < 1.29 is 31.9 Å². The minimum absolute atomic E-state index is 0.00948. The maximum atomic E-state index is 14.3. The van der Waals surface area contributed by atoms with Gasteiger partial charge in [0.2, 0.25) is 5.95 Å². The van der Waals surface area contributed by atoms with E-state index >= 15 is 0 Å². The molecule has 0 saturated heterocycles. The van der Waals surface area contributed by atoms with Crippen LogP contribution in [0.3, 0.4) is 0 Å². The average Bonchev–Trinajstić information content (AvgIpc) is 3.02. The summed E-state index contributed by atoms with van der Waals surface area (Å²) in [5.74, 6) is -3.81. The Labute approximate surface area is 170 Å². The van der Waals surface area contributed by atoms with Gasteiger partial charge in [-0.3, -0.25) is 0 Å². The van der Waals surface area contributed by atoms with Gasteiger partial charge in [0.1, 0.15) is 17.5 Å². The number of halogens is 5. The highest BCUT2D eigenvalue weighted by molar-refractivity contribution is 6.15. The second kappa shape index (κ2) is 7.70. The van der Waals surface area contributed by atoms with E-state index in [1.807, 2.05) is 6.07 Å². The predicted octanol–water partition coefficient (Wildman–Crippen LogP) is 3.86. The minimum Gasteiger partial charge on any atom is -0.475 e. The Morgan fingerprint density at radius 2 is 1.68 bits per heavy atom. The molecule has 31 heavy (non-hydrogen) atoms. The van der Waals surface area contributed by atoms with Gasteiger partial charge in [0.05, 0.1) is 22.0 Å². The maximum Gasteiger partial charge on any atom is 0.490 e. The number of aromatic nitrogens is 3. The molecule has 0 aliphatic rings. The number of carbonyl (C=O) groups is 1. The SMILES string of the molecule is Cn1ccc2c3c(N)nc(N)nc3cc(-c3c(F)cccc3F)c21.O=C(O)C(F)(F)F. The van der Waals surface area contributed by atoms with E-state index in [0.29, 0.717) is 27.4 Å². The van der Waals surface area contributed by atoms with Crippen molar-refractivity contribution in [3.05, 3.63) is 48.2 Å². The molecule has 5 N–H and O–H groups in total. The molecule has 0 spiro atoms. The summed E-state index contributed by atoms with van der Waals surface area (Å²) in [4.78, 5) is 17.1. The first kappa shape index (κ1) is 21.7. The number of rotatable bonds is 1. The molecule has 4 aromatic rings. The fourth-order valence-corrected chi connectivity index (χ4v) is 3.11. The standard InChI is InChI=1S/C17H13F2N5.C2HF3O2/c1-24-6-5-8-14-12(22-17(21)23-16(14)20)7-9(15(8)24)13-10(18)3-2-4-11(13)19;3-2(4,5)1(6)7/h2-7H,1H3,(H4,20,21,22,23);(H,6,7). The van der Waals surface area contributed by atoms with Gasteiger partial charge in [-0.15, -0.1) is 0 Å². The van der Waals surface area contributed by atoms with Crippen molar-refractivity contribution >= 4 is 39.5 Å². The van der Waals surface area contributed by atoms with Crippen LogP contribution in [0, 0.1) is 11.6 Å². The van der Waals surface area contributed by atoms with Gasteiger partial charge in [-0.2, -0.15) is 18.2 Å². The highest BCUT2D eigenvalue weighted by Gasteiger charge is 2.38. The highest BCUT2D eigenvalue weighted by atomic mass is 19.4. The van der Waals surface area contributed by atoms with Crippen LogP contribution in [-0.4, -0.2) is 31.8 Å². The Morgan fingerprint density at radius 1 is 1.10 bits per heavy atom. The molecular formula is C19H14F5N5O2.